The molecule has 2 unspecified atom stereocenters. The van der Waals surface area contributed by atoms with Crippen LogP contribution in [-0.4, -0.2) is 47.8 Å². The summed E-state index contributed by atoms with van der Waals surface area (Å²) >= 11 is 7.18. The summed E-state index contributed by atoms with van der Waals surface area (Å²) in [5, 5.41) is 3.60. The monoisotopic (exact) mass is 584 g/mol. The molecule has 7 nitrogen and oxygen atoms in total. The number of amides is 2. The van der Waals surface area contributed by atoms with E-state index in [9.17, 15) is 9.59 Å². The molecule has 8 heteroatoms. The van der Waals surface area contributed by atoms with Gasteiger partial charge in [-0.1, -0.05) is 69.3 Å². The van der Waals surface area contributed by atoms with Gasteiger partial charge in [-0.25, -0.2) is 4.98 Å². The zero-order valence-corrected chi connectivity index (χ0v) is 25.8. The van der Waals surface area contributed by atoms with Crippen LogP contribution in [0.5, 0.6) is 5.88 Å². The fraction of sp³-hybridized carbons (Fsp3) is 0.324. The Hall–Kier alpha value is -4.10. The van der Waals surface area contributed by atoms with Gasteiger partial charge in [-0.05, 0) is 59.9 Å². The highest BCUT2D eigenvalue weighted by molar-refractivity contribution is 6.36. The fourth-order valence-electron chi connectivity index (χ4n) is 5.91. The van der Waals surface area contributed by atoms with Gasteiger partial charge in [0.2, 0.25) is 5.88 Å². The number of pyridine rings is 1. The van der Waals surface area contributed by atoms with Gasteiger partial charge in [0, 0.05) is 42.7 Å². The minimum Gasteiger partial charge on any atom is -0.481 e. The van der Waals surface area contributed by atoms with Crippen molar-refractivity contribution in [3.8, 4) is 28.3 Å². The number of fused-ring (bicyclic) bond motifs is 1. The second-order valence-electron chi connectivity index (χ2n) is 11.2. The van der Waals surface area contributed by atoms with Crippen LogP contribution in [0.3, 0.4) is 0 Å². The first-order chi connectivity index (χ1) is 20.1. The maximum Gasteiger partial charge on any atom is 0.266 e. The van der Waals surface area contributed by atoms with E-state index in [0.717, 1.165) is 47.2 Å². The minimum atomic E-state index is -0.476. The first kappa shape index (κ1) is 29.4. The van der Waals surface area contributed by atoms with Gasteiger partial charge < -0.3 is 15.0 Å². The summed E-state index contributed by atoms with van der Waals surface area (Å²) in [6, 6.07) is 13.9. The van der Waals surface area contributed by atoms with Crippen LogP contribution in [0.2, 0.25) is 5.02 Å². The predicted molar refractivity (Wildman–Crippen MR) is 168 cm³/mol. The third kappa shape index (κ3) is 5.07. The summed E-state index contributed by atoms with van der Waals surface area (Å²) in [6.07, 6.45) is 4.42. The number of aromatic nitrogens is 1. The molecule has 0 saturated carbocycles. The lowest BCUT2D eigenvalue weighted by Gasteiger charge is -2.32. The van der Waals surface area contributed by atoms with Gasteiger partial charge >= 0.3 is 0 Å². The van der Waals surface area contributed by atoms with E-state index in [1.54, 1.807) is 26.1 Å². The largest absolute Gasteiger partial charge is 0.481 e. The molecule has 0 spiro atoms. The molecule has 5 rings (SSSR count). The third-order valence-corrected chi connectivity index (χ3v) is 8.97. The van der Waals surface area contributed by atoms with Crippen LogP contribution >= 0.6 is 11.6 Å². The zero-order valence-electron chi connectivity index (χ0n) is 25.0. The SMILES string of the molecule is C=C1N(C)C=C(C(=O)Nc2cccc(-c3cccc(-c4cc5c(c(OC)n4)C(C)CC5)c3Cl)c2C(C)CC)C(=O)N1C. The quantitative estimate of drug-likeness (QED) is 0.294. The Labute approximate surface area is 252 Å². The number of carbonyl (C=O) groups is 2. The molecule has 218 valence electrons. The molecule has 2 heterocycles. The molecule has 0 radical (unpaired) electrons. The van der Waals surface area contributed by atoms with Crippen molar-refractivity contribution in [2.75, 3.05) is 26.5 Å². The van der Waals surface area contributed by atoms with Gasteiger partial charge in [-0.3, -0.25) is 14.5 Å². The third-order valence-electron chi connectivity index (χ3n) is 8.56. The van der Waals surface area contributed by atoms with Crippen molar-refractivity contribution in [1.29, 1.82) is 0 Å². The molecule has 0 saturated heterocycles. The Morgan fingerprint density at radius 1 is 1.19 bits per heavy atom. The van der Waals surface area contributed by atoms with Crippen LogP contribution in [0.1, 0.15) is 62.1 Å². The number of ether oxygens (including phenoxy) is 1. The van der Waals surface area contributed by atoms with Crippen molar-refractivity contribution in [1.82, 2.24) is 14.8 Å². The molecule has 2 amide bonds. The number of methoxy groups -OCH3 is 1. The standard InChI is InChI=1S/C34H37ClN4O3/c1-8-19(2)30-23(11-10-14-27(30)36-32(40)26-18-38(5)21(4)39(6)34(26)41)24-12-9-13-25(31(24)35)28-17-22-16-15-20(3)29(22)33(37-28)42-7/h9-14,17-20H,4,8,15-16H2,1-3,5-7H3,(H,36,40). The minimum absolute atomic E-state index is 0.0406. The van der Waals surface area contributed by atoms with E-state index < -0.39 is 11.8 Å². The number of hydrogen-bond donors (Lipinski definition) is 1. The number of rotatable bonds is 7. The molecule has 1 aliphatic carbocycles. The lowest BCUT2D eigenvalue weighted by molar-refractivity contribution is -0.128. The van der Waals surface area contributed by atoms with E-state index in [-0.39, 0.29) is 11.5 Å². The normalized spacial score (nSPS) is 17.2. The summed E-state index contributed by atoms with van der Waals surface area (Å²) < 4.78 is 5.71. The lowest BCUT2D eigenvalue weighted by atomic mass is 9.87. The van der Waals surface area contributed by atoms with Crippen LogP contribution in [0, 0.1) is 0 Å². The number of carbonyl (C=O) groups excluding carboxylic acids is 2. The van der Waals surface area contributed by atoms with E-state index in [4.69, 9.17) is 21.3 Å². The van der Waals surface area contributed by atoms with E-state index in [1.165, 1.54) is 22.2 Å². The van der Waals surface area contributed by atoms with Crippen molar-refractivity contribution in [3.05, 3.63) is 88.4 Å². The summed E-state index contributed by atoms with van der Waals surface area (Å²) in [5.74, 6) is 0.783. The van der Waals surface area contributed by atoms with Gasteiger partial charge in [0.1, 0.15) is 11.4 Å². The van der Waals surface area contributed by atoms with Crippen molar-refractivity contribution in [2.45, 2.75) is 51.9 Å². The molecule has 1 aliphatic heterocycles. The Morgan fingerprint density at radius 2 is 1.88 bits per heavy atom. The number of benzene rings is 2. The molecule has 0 bridgehead atoms. The second kappa shape index (κ2) is 11.6. The first-order valence-electron chi connectivity index (χ1n) is 14.3. The number of likely N-dealkylation sites (N-methyl/N-ethyl adjacent to an activating group) is 1. The number of aryl methyl sites for hydroxylation is 1. The molecule has 1 N–H and O–H groups in total. The fourth-order valence-corrected chi connectivity index (χ4v) is 6.24. The lowest BCUT2D eigenvalue weighted by Crippen LogP contribution is -2.41. The van der Waals surface area contributed by atoms with E-state index in [1.807, 2.05) is 36.4 Å². The Balaban J connectivity index is 1.58. The summed E-state index contributed by atoms with van der Waals surface area (Å²) in [4.78, 5) is 34.2. The maximum atomic E-state index is 13.4. The predicted octanol–water partition coefficient (Wildman–Crippen LogP) is 7.34. The van der Waals surface area contributed by atoms with Gasteiger partial charge in [0.25, 0.3) is 11.8 Å². The zero-order chi connectivity index (χ0) is 30.3. The van der Waals surface area contributed by atoms with Gasteiger partial charge in [0.05, 0.1) is 17.8 Å². The van der Waals surface area contributed by atoms with Gasteiger partial charge in [-0.15, -0.1) is 0 Å². The molecule has 2 aromatic carbocycles. The Kier molecular flexibility index (Phi) is 8.15. The van der Waals surface area contributed by atoms with Crippen molar-refractivity contribution in [3.63, 3.8) is 0 Å². The van der Waals surface area contributed by atoms with E-state index in [0.29, 0.717) is 28.3 Å². The number of nitrogens with one attached hydrogen (secondary N) is 1. The molecule has 42 heavy (non-hydrogen) atoms. The molecule has 2 aliphatic rings. The second-order valence-corrected chi connectivity index (χ2v) is 11.5. The number of halogens is 1. The van der Waals surface area contributed by atoms with Gasteiger partial charge in [-0.2, -0.15) is 0 Å². The molecule has 3 aromatic rings. The van der Waals surface area contributed by atoms with Crippen LogP contribution < -0.4 is 10.1 Å². The summed E-state index contributed by atoms with van der Waals surface area (Å²) in [5.41, 5.74) is 7.44. The molecular weight excluding hydrogens is 548 g/mol. The number of nitrogens with zero attached hydrogens (tertiary/aromatic N) is 3. The van der Waals surface area contributed by atoms with Gasteiger partial charge in [0.15, 0.2) is 0 Å². The van der Waals surface area contributed by atoms with Crippen molar-refractivity contribution >= 4 is 29.1 Å². The smallest absolute Gasteiger partial charge is 0.266 e. The molecule has 2 atom stereocenters. The molecule has 1 aromatic heterocycles. The van der Waals surface area contributed by atoms with Crippen LogP contribution in [0.25, 0.3) is 22.4 Å². The van der Waals surface area contributed by atoms with Crippen LogP contribution in [0.4, 0.5) is 5.69 Å². The van der Waals surface area contributed by atoms with E-state index >= 15 is 0 Å². The van der Waals surface area contributed by atoms with Crippen molar-refractivity contribution < 1.29 is 14.3 Å². The first-order valence-corrected chi connectivity index (χ1v) is 14.7. The number of hydrogen-bond acceptors (Lipinski definition) is 5. The van der Waals surface area contributed by atoms with Crippen LogP contribution in [-0.2, 0) is 16.0 Å². The van der Waals surface area contributed by atoms with E-state index in [2.05, 4.69) is 38.7 Å². The Morgan fingerprint density at radius 3 is 2.60 bits per heavy atom. The highest BCUT2D eigenvalue weighted by atomic mass is 35.5. The molecule has 0 fully saturated rings. The summed E-state index contributed by atoms with van der Waals surface area (Å²) in [6.45, 7) is 10.3. The maximum absolute atomic E-state index is 13.4. The Bertz CT molecular complexity index is 1630. The highest BCUT2D eigenvalue weighted by Crippen LogP contribution is 2.45. The average molecular weight is 585 g/mol. The van der Waals surface area contributed by atoms with Crippen molar-refractivity contribution in [2.24, 2.45) is 0 Å². The van der Waals surface area contributed by atoms with Crippen LogP contribution in [0.15, 0.2) is 66.6 Å². The average Bonchev–Trinajstić information content (AvgIpc) is 3.37. The topological polar surface area (TPSA) is 74.8 Å². The highest BCUT2D eigenvalue weighted by Gasteiger charge is 2.31. The summed E-state index contributed by atoms with van der Waals surface area (Å²) in [7, 11) is 5.02. The molecular formula is C34H37ClN4O3. The number of anilines is 1.